The standard InChI is InChI=1S/C20H28N4O/c1-3-18(20-15-25-14-12-22-20)19(4-1)21-11-9-16-5-7-17(8-6-16)24-13-2-10-23-24/h2,5-8,10,13,18-22H,1,3-4,9,11-12,14-15H2. The summed E-state index contributed by atoms with van der Waals surface area (Å²) in [5, 5.41) is 11.7. The number of benzene rings is 1. The van der Waals surface area contributed by atoms with Gasteiger partial charge in [0.15, 0.2) is 0 Å². The zero-order valence-corrected chi connectivity index (χ0v) is 14.7. The minimum atomic E-state index is 0.530. The summed E-state index contributed by atoms with van der Waals surface area (Å²) in [6.07, 6.45) is 8.79. The van der Waals surface area contributed by atoms with E-state index in [1.807, 2.05) is 23.1 Å². The number of hydrogen-bond donors (Lipinski definition) is 2. The Hall–Kier alpha value is -1.69. The van der Waals surface area contributed by atoms with Gasteiger partial charge in [-0.05, 0) is 55.5 Å². The Labute approximate surface area is 149 Å². The molecule has 0 spiro atoms. The molecule has 0 amide bonds. The normalized spacial score (nSPS) is 26.8. The lowest BCUT2D eigenvalue weighted by Crippen LogP contribution is -2.51. The average molecular weight is 340 g/mol. The van der Waals surface area contributed by atoms with Crippen molar-refractivity contribution in [1.82, 2.24) is 20.4 Å². The quantitative estimate of drug-likeness (QED) is 0.846. The molecule has 2 fully saturated rings. The minimum Gasteiger partial charge on any atom is -0.379 e. The van der Waals surface area contributed by atoms with Crippen molar-refractivity contribution in [3.63, 3.8) is 0 Å². The fourth-order valence-electron chi connectivity index (χ4n) is 4.22. The van der Waals surface area contributed by atoms with Crippen LogP contribution in [0, 0.1) is 5.92 Å². The van der Waals surface area contributed by atoms with Crippen molar-refractivity contribution in [2.24, 2.45) is 5.92 Å². The van der Waals surface area contributed by atoms with Crippen molar-refractivity contribution < 1.29 is 4.74 Å². The maximum atomic E-state index is 5.66. The fourth-order valence-corrected chi connectivity index (χ4v) is 4.22. The third kappa shape index (κ3) is 4.11. The third-order valence-corrected chi connectivity index (χ3v) is 5.56. The van der Waals surface area contributed by atoms with Crippen molar-refractivity contribution in [2.45, 2.75) is 37.8 Å². The van der Waals surface area contributed by atoms with Gasteiger partial charge in [-0.1, -0.05) is 18.6 Å². The molecule has 2 aromatic rings. The molecular formula is C20H28N4O. The average Bonchev–Trinajstić information content (AvgIpc) is 3.35. The highest BCUT2D eigenvalue weighted by Gasteiger charge is 2.34. The van der Waals surface area contributed by atoms with Crippen LogP contribution in [0.1, 0.15) is 24.8 Å². The summed E-state index contributed by atoms with van der Waals surface area (Å²) in [6.45, 7) is 3.76. The molecule has 3 unspecified atom stereocenters. The van der Waals surface area contributed by atoms with E-state index in [4.69, 9.17) is 4.74 Å². The summed E-state index contributed by atoms with van der Waals surface area (Å²) < 4.78 is 7.55. The van der Waals surface area contributed by atoms with Gasteiger partial charge in [0.2, 0.25) is 0 Å². The van der Waals surface area contributed by atoms with E-state index in [0.717, 1.165) is 38.4 Å². The zero-order chi connectivity index (χ0) is 16.9. The number of morpholine rings is 1. The second-order valence-electron chi connectivity index (χ2n) is 7.16. The number of rotatable bonds is 6. The molecular weight excluding hydrogens is 312 g/mol. The van der Waals surface area contributed by atoms with Crippen molar-refractivity contribution in [3.05, 3.63) is 48.3 Å². The van der Waals surface area contributed by atoms with Gasteiger partial charge < -0.3 is 15.4 Å². The largest absolute Gasteiger partial charge is 0.379 e. The van der Waals surface area contributed by atoms with Crippen molar-refractivity contribution in [2.75, 3.05) is 26.3 Å². The highest BCUT2D eigenvalue weighted by Crippen LogP contribution is 2.29. The fraction of sp³-hybridized carbons (Fsp3) is 0.550. The first kappa shape index (κ1) is 16.8. The van der Waals surface area contributed by atoms with Gasteiger partial charge in [-0.15, -0.1) is 0 Å². The Morgan fingerprint density at radius 2 is 2.16 bits per heavy atom. The van der Waals surface area contributed by atoms with Crippen LogP contribution in [0.25, 0.3) is 5.69 Å². The predicted molar refractivity (Wildman–Crippen MR) is 99.0 cm³/mol. The summed E-state index contributed by atoms with van der Waals surface area (Å²) in [7, 11) is 0. The van der Waals surface area contributed by atoms with E-state index in [0.29, 0.717) is 18.0 Å². The second-order valence-corrected chi connectivity index (χ2v) is 7.16. The highest BCUT2D eigenvalue weighted by molar-refractivity contribution is 5.33. The molecule has 3 atom stereocenters. The third-order valence-electron chi connectivity index (χ3n) is 5.56. The monoisotopic (exact) mass is 340 g/mol. The Morgan fingerprint density at radius 1 is 1.24 bits per heavy atom. The van der Waals surface area contributed by atoms with Crippen LogP contribution in [0.15, 0.2) is 42.7 Å². The van der Waals surface area contributed by atoms with E-state index in [1.165, 1.54) is 24.8 Å². The molecule has 134 valence electrons. The van der Waals surface area contributed by atoms with Crippen molar-refractivity contribution in [1.29, 1.82) is 0 Å². The summed E-state index contributed by atoms with van der Waals surface area (Å²) in [5.74, 6) is 0.711. The van der Waals surface area contributed by atoms with Crippen LogP contribution in [0.4, 0.5) is 0 Å². The van der Waals surface area contributed by atoms with Gasteiger partial charge in [0.1, 0.15) is 0 Å². The van der Waals surface area contributed by atoms with Crippen LogP contribution in [0.5, 0.6) is 0 Å². The molecule has 2 heterocycles. The predicted octanol–water partition coefficient (Wildman–Crippen LogP) is 2.16. The van der Waals surface area contributed by atoms with Gasteiger partial charge in [-0.3, -0.25) is 0 Å². The van der Waals surface area contributed by atoms with E-state index in [1.54, 1.807) is 0 Å². The maximum absolute atomic E-state index is 5.66. The maximum Gasteiger partial charge on any atom is 0.0645 e. The van der Waals surface area contributed by atoms with Gasteiger partial charge in [-0.2, -0.15) is 5.10 Å². The van der Waals surface area contributed by atoms with Crippen LogP contribution < -0.4 is 10.6 Å². The van der Waals surface area contributed by atoms with Crippen molar-refractivity contribution in [3.8, 4) is 5.69 Å². The van der Waals surface area contributed by atoms with Crippen LogP contribution >= 0.6 is 0 Å². The Morgan fingerprint density at radius 3 is 2.92 bits per heavy atom. The van der Waals surface area contributed by atoms with Gasteiger partial charge in [-0.25, -0.2) is 4.68 Å². The number of hydrogen-bond acceptors (Lipinski definition) is 4. The second kappa shape index (κ2) is 8.13. The smallest absolute Gasteiger partial charge is 0.0645 e. The van der Waals surface area contributed by atoms with Gasteiger partial charge >= 0.3 is 0 Å². The molecule has 1 aliphatic carbocycles. The van der Waals surface area contributed by atoms with E-state index in [2.05, 4.69) is 40.0 Å². The van der Waals surface area contributed by atoms with Gasteiger partial charge in [0.25, 0.3) is 0 Å². The summed E-state index contributed by atoms with van der Waals surface area (Å²) >= 11 is 0. The highest BCUT2D eigenvalue weighted by atomic mass is 16.5. The van der Waals surface area contributed by atoms with Gasteiger partial charge in [0.05, 0.1) is 18.9 Å². The SMILES string of the molecule is c1cnn(-c2ccc(CCNC3CCCC3C3COCCN3)cc2)c1. The molecule has 2 N–H and O–H groups in total. The van der Waals surface area contributed by atoms with Crippen LogP contribution in [0.2, 0.25) is 0 Å². The van der Waals surface area contributed by atoms with Gasteiger partial charge in [0, 0.05) is 31.0 Å². The topological polar surface area (TPSA) is 51.1 Å². The van der Waals surface area contributed by atoms with Crippen LogP contribution in [-0.2, 0) is 11.2 Å². The van der Waals surface area contributed by atoms with E-state index in [9.17, 15) is 0 Å². The van der Waals surface area contributed by atoms with E-state index < -0.39 is 0 Å². The summed E-state index contributed by atoms with van der Waals surface area (Å²) in [4.78, 5) is 0. The molecule has 4 rings (SSSR count). The van der Waals surface area contributed by atoms with Crippen molar-refractivity contribution >= 4 is 0 Å². The molecule has 5 heteroatoms. The Bertz CT molecular complexity index is 634. The van der Waals surface area contributed by atoms with E-state index >= 15 is 0 Å². The number of aromatic nitrogens is 2. The first-order valence-corrected chi connectivity index (χ1v) is 9.53. The molecule has 5 nitrogen and oxygen atoms in total. The van der Waals surface area contributed by atoms with Crippen LogP contribution in [0.3, 0.4) is 0 Å². The molecule has 1 aromatic heterocycles. The molecule has 1 saturated heterocycles. The summed E-state index contributed by atoms with van der Waals surface area (Å²) in [5.41, 5.74) is 2.48. The van der Waals surface area contributed by atoms with Crippen LogP contribution in [-0.4, -0.2) is 48.2 Å². The first-order chi connectivity index (χ1) is 12.4. The zero-order valence-electron chi connectivity index (χ0n) is 14.7. The summed E-state index contributed by atoms with van der Waals surface area (Å²) in [6, 6.07) is 11.8. The molecule has 0 bridgehead atoms. The lowest BCUT2D eigenvalue weighted by molar-refractivity contribution is 0.0526. The number of nitrogens with one attached hydrogen (secondary N) is 2. The molecule has 2 aliphatic rings. The van der Waals surface area contributed by atoms with E-state index in [-0.39, 0.29) is 0 Å². The lowest BCUT2D eigenvalue weighted by Gasteiger charge is -2.33. The minimum absolute atomic E-state index is 0.530. The lowest BCUT2D eigenvalue weighted by atomic mass is 9.94. The molecule has 1 saturated carbocycles. The number of nitrogens with zero attached hydrogens (tertiary/aromatic N) is 2. The molecule has 0 radical (unpaired) electrons. The first-order valence-electron chi connectivity index (χ1n) is 9.53. The Kier molecular flexibility index (Phi) is 5.45. The molecule has 1 aromatic carbocycles. The molecule has 1 aliphatic heterocycles. The molecule has 25 heavy (non-hydrogen) atoms. The number of ether oxygens (including phenoxy) is 1. The Balaban J connectivity index is 1.27.